The molecule has 0 radical (unpaired) electrons. The van der Waals surface area contributed by atoms with Crippen molar-refractivity contribution in [3.8, 4) is 5.75 Å². The van der Waals surface area contributed by atoms with Gasteiger partial charge in [-0.15, -0.1) is 0 Å². The number of hydrogen-bond donors (Lipinski definition) is 2. The highest BCUT2D eigenvalue weighted by atomic mass is 19.1. The molecule has 0 aromatic heterocycles. The van der Waals surface area contributed by atoms with E-state index in [1.807, 2.05) is 24.3 Å². The Morgan fingerprint density at radius 2 is 1.84 bits per heavy atom. The average molecular weight is 424 g/mol. The van der Waals surface area contributed by atoms with Crippen molar-refractivity contribution in [2.45, 2.75) is 25.0 Å². The van der Waals surface area contributed by atoms with Gasteiger partial charge in [0.2, 0.25) is 5.91 Å². The van der Waals surface area contributed by atoms with Crippen LogP contribution in [0.5, 0.6) is 5.75 Å². The molecule has 162 valence electrons. The molecule has 0 aliphatic carbocycles. The van der Waals surface area contributed by atoms with Crippen LogP contribution in [0.15, 0.2) is 53.5 Å². The Kier molecular flexibility index (Phi) is 5.99. The molecule has 31 heavy (non-hydrogen) atoms. The fourth-order valence-corrected chi connectivity index (χ4v) is 3.89. The average Bonchev–Trinajstić information content (AvgIpc) is 3.11. The van der Waals surface area contributed by atoms with Gasteiger partial charge >= 0.3 is 0 Å². The number of aliphatic imine (C=N–C) groups is 1. The molecule has 0 saturated carbocycles. The second-order valence-electron chi connectivity index (χ2n) is 7.85. The summed E-state index contributed by atoms with van der Waals surface area (Å²) in [5, 5.41) is 5.90. The third kappa shape index (κ3) is 4.91. The summed E-state index contributed by atoms with van der Waals surface area (Å²) in [4.78, 5) is 31.6. The van der Waals surface area contributed by atoms with E-state index in [0.29, 0.717) is 38.2 Å². The van der Waals surface area contributed by atoms with Crippen molar-refractivity contribution in [3.05, 3.63) is 65.5 Å². The first-order valence-corrected chi connectivity index (χ1v) is 10.3. The number of nitrogens with zero attached hydrogens (tertiary/aromatic N) is 2. The summed E-state index contributed by atoms with van der Waals surface area (Å²) in [5.41, 5.74) is 1.44. The van der Waals surface area contributed by atoms with Crippen LogP contribution in [0, 0.1) is 5.82 Å². The molecular weight excluding hydrogens is 399 g/mol. The molecule has 2 amide bonds. The zero-order valence-corrected chi connectivity index (χ0v) is 17.4. The van der Waals surface area contributed by atoms with Gasteiger partial charge in [-0.1, -0.05) is 12.1 Å². The fraction of sp³-hybridized carbons (Fsp3) is 0.348. The predicted octanol–water partition coefficient (Wildman–Crippen LogP) is 1.86. The number of hydrogen-bond acceptors (Lipinski definition) is 5. The van der Waals surface area contributed by atoms with Crippen molar-refractivity contribution in [3.63, 3.8) is 0 Å². The SMILES string of the molecule is COc1ccc(C2=NC3(CCN(CC(=O)NCc4ccc(F)cc4)CC3)NC2=O)cc1. The van der Waals surface area contributed by atoms with Crippen LogP contribution in [-0.2, 0) is 16.1 Å². The van der Waals surface area contributed by atoms with Gasteiger partial charge in [0.05, 0.1) is 13.7 Å². The quantitative estimate of drug-likeness (QED) is 0.742. The van der Waals surface area contributed by atoms with Crippen LogP contribution in [0.1, 0.15) is 24.0 Å². The smallest absolute Gasteiger partial charge is 0.272 e. The summed E-state index contributed by atoms with van der Waals surface area (Å²) in [6, 6.07) is 13.3. The summed E-state index contributed by atoms with van der Waals surface area (Å²) < 4.78 is 18.1. The van der Waals surface area contributed by atoms with Crippen LogP contribution in [-0.4, -0.2) is 54.8 Å². The van der Waals surface area contributed by atoms with E-state index in [4.69, 9.17) is 9.73 Å². The van der Waals surface area contributed by atoms with E-state index < -0.39 is 5.66 Å². The largest absolute Gasteiger partial charge is 0.497 e. The zero-order valence-electron chi connectivity index (χ0n) is 17.4. The number of rotatable bonds is 6. The van der Waals surface area contributed by atoms with Gasteiger partial charge in [0.1, 0.15) is 22.9 Å². The first kappa shape index (κ1) is 21.0. The molecule has 0 unspecified atom stereocenters. The predicted molar refractivity (Wildman–Crippen MR) is 114 cm³/mol. The van der Waals surface area contributed by atoms with Gasteiger partial charge in [-0.25, -0.2) is 4.39 Å². The highest BCUT2D eigenvalue weighted by Crippen LogP contribution is 2.29. The molecule has 1 saturated heterocycles. The molecule has 0 atom stereocenters. The topological polar surface area (TPSA) is 83.0 Å². The van der Waals surface area contributed by atoms with E-state index in [1.165, 1.54) is 12.1 Å². The van der Waals surface area contributed by atoms with Crippen molar-refractivity contribution in [1.29, 1.82) is 0 Å². The Balaban J connectivity index is 1.30. The second kappa shape index (κ2) is 8.85. The Labute approximate surface area is 180 Å². The molecule has 7 nitrogen and oxygen atoms in total. The molecule has 2 aromatic carbocycles. The molecule has 2 aliphatic rings. The molecule has 1 fully saturated rings. The molecule has 2 heterocycles. The number of carbonyl (C=O) groups is 2. The lowest BCUT2D eigenvalue weighted by Crippen LogP contribution is -2.52. The minimum Gasteiger partial charge on any atom is -0.497 e. The van der Waals surface area contributed by atoms with E-state index >= 15 is 0 Å². The Morgan fingerprint density at radius 1 is 1.16 bits per heavy atom. The monoisotopic (exact) mass is 424 g/mol. The van der Waals surface area contributed by atoms with E-state index in [1.54, 1.807) is 19.2 Å². The summed E-state index contributed by atoms with van der Waals surface area (Å²) in [7, 11) is 1.60. The maximum atomic E-state index is 13.0. The fourth-order valence-electron chi connectivity index (χ4n) is 3.89. The summed E-state index contributed by atoms with van der Waals surface area (Å²) >= 11 is 0. The van der Waals surface area contributed by atoms with Gasteiger partial charge in [-0.05, 0) is 42.0 Å². The van der Waals surface area contributed by atoms with E-state index in [9.17, 15) is 14.0 Å². The van der Waals surface area contributed by atoms with Gasteiger partial charge in [-0.2, -0.15) is 0 Å². The van der Waals surface area contributed by atoms with Gasteiger partial charge < -0.3 is 15.4 Å². The maximum Gasteiger partial charge on any atom is 0.272 e. The number of ether oxygens (including phenoxy) is 1. The highest BCUT2D eigenvalue weighted by Gasteiger charge is 2.42. The third-order valence-corrected chi connectivity index (χ3v) is 5.70. The number of carbonyl (C=O) groups excluding carboxylic acids is 2. The van der Waals surface area contributed by atoms with Crippen LogP contribution in [0.25, 0.3) is 0 Å². The molecule has 2 N–H and O–H groups in total. The van der Waals surface area contributed by atoms with E-state index in [0.717, 1.165) is 16.9 Å². The third-order valence-electron chi connectivity index (χ3n) is 5.70. The van der Waals surface area contributed by atoms with Crippen molar-refractivity contribution >= 4 is 17.5 Å². The van der Waals surface area contributed by atoms with Crippen LogP contribution in [0.2, 0.25) is 0 Å². The molecule has 1 spiro atoms. The van der Waals surface area contributed by atoms with Crippen LogP contribution >= 0.6 is 0 Å². The normalized spacial score (nSPS) is 17.9. The molecule has 2 aromatic rings. The minimum absolute atomic E-state index is 0.0850. The number of piperidine rings is 1. The molecular formula is C23H25FN4O3. The van der Waals surface area contributed by atoms with Crippen molar-refractivity contribution in [2.24, 2.45) is 4.99 Å². The number of nitrogens with one attached hydrogen (secondary N) is 2. The van der Waals surface area contributed by atoms with Gasteiger partial charge in [0.25, 0.3) is 5.91 Å². The number of methoxy groups -OCH3 is 1. The van der Waals surface area contributed by atoms with Crippen LogP contribution in [0.3, 0.4) is 0 Å². The Morgan fingerprint density at radius 3 is 2.48 bits per heavy atom. The number of halogens is 1. The summed E-state index contributed by atoms with van der Waals surface area (Å²) in [6.45, 7) is 1.95. The number of benzene rings is 2. The zero-order chi connectivity index (χ0) is 21.8. The Bertz CT molecular complexity index is 981. The maximum absolute atomic E-state index is 13.0. The second-order valence-corrected chi connectivity index (χ2v) is 7.85. The highest BCUT2D eigenvalue weighted by molar-refractivity contribution is 6.46. The number of likely N-dealkylation sites (tertiary alicyclic amines) is 1. The molecule has 0 bridgehead atoms. The standard InChI is InChI=1S/C23H25FN4O3/c1-31-19-8-4-17(5-9-19)21-22(30)27-23(26-21)10-12-28(13-11-23)15-20(29)25-14-16-2-6-18(24)7-3-16/h2-9H,10-15H2,1H3,(H,25,29)(H,27,30). The summed E-state index contributed by atoms with van der Waals surface area (Å²) in [5.74, 6) is 0.173. The minimum atomic E-state index is -0.604. The molecule has 4 rings (SSSR count). The molecule has 2 aliphatic heterocycles. The summed E-state index contributed by atoms with van der Waals surface area (Å²) in [6.07, 6.45) is 1.28. The van der Waals surface area contributed by atoms with Gasteiger partial charge in [0.15, 0.2) is 0 Å². The first-order chi connectivity index (χ1) is 15.0. The van der Waals surface area contributed by atoms with E-state index in [-0.39, 0.29) is 24.2 Å². The number of amides is 2. The van der Waals surface area contributed by atoms with Crippen LogP contribution < -0.4 is 15.4 Å². The van der Waals surface area contributed by atoms with Gasteiger partial charge in [-0.3, -0.25) is 19.5 Å². The lowest BCUT2D eigenvalue weighted by atomic mass is 9.98. The van der Waals surface area contributed by atoms with Crippen LogP contribution in [0.4, 0.5) is 4.39 Å². The lowest BCUT2D eigenvalue weighted by molar-refractivity contribution is -0.123. The van der Waals surface area contributed by atoms with Gasteiger partial charge in [0, 0.05) is 38.0 Å². The van der Waals surface area contributed by atoms with E-state index in [2.05, 4.69) is 15.5 Å². The Hall–Kier alpha value is -3.26. The van der Waals surface area contributed by atoms with Crippen molar-refractivity contribution < 1.29 is 18.7 Å². The first-order valence-electron chi connectivity index (χ1n) is 10.3. The van der Waals surface area contributed by atoms with Crippen molar-refractivity contribution in [2.75, 3.05) is 26.7 Å². The molecule has 8 heteroatoms. The van der Waals surface area contributed by atoms with Crippen molar-refractivity contribution in [1.82, 2.24) is 15.5 Å². The lowest BCUT2D eigenvalue weighted by Gasteiger charge is -2.36.